The minimum absolute atomic E-state index is 0.00284. The van der Waals surface area contributed by atoms with Crippen LogP contribution in [0.4, 0.5) is 16.2 Å². The van der Waals surface area contributed by atoms with Gasteiger partial charge in [-0.05, 0) is 48.4 Å². The topological polar surface area (TPSA) is 95.7 Å². The van der Waals surface area contributed by atoms with Crippen LogP contribution in [-0.2, 0) is 6.42 Å². The lowest BCUT2D eigenvalue weighted by Gasteiger charge is -2.17. The number of halogens is 1. The molecule has 8 heteroatoms. The summed E-state index contributed by atoms with van der Waals surface area (Å²) >= 11 is 10.2. The number of nitrogens with one attached hydrogen (secondary N) is 1. The van der Waals surface area contributed by atoms with Gasteiger partial charge in [-0.3, -0.25) is 4.79 Å². The van der Waals surface area contributed by atoms with Crippen LogP contribution in [0.25, 0.3) is 0 Å². The number of hydrogen-bond donors (Lipinski definition) is 4. The van der Waals surface area contributed by atoms with Crippen LogP contribution >= 0.6 is 24.4 Å². The number of primary amides is 1. The number of carbonyl (C=O) groups excluding carboxylic acids is 2. The van der Waals surface area contributed by atoms with Gasteiger partial charge in [0.15, 0.2) is 0 Å². The van der Waals surface area contributed by atoms with E-state index in [0.717, 1.165) is 9.87 Å². The van der Waals surface area contributed by atoms with Crippen molar-refractivity contribution in [2.24, 2.45) is 5.73 Å². The molecule has 0 bridgehead atoms. The van der Waals surface area contributed by atoms with Crippen molar-refractivity contribution in [3.8, 4) is 0 Å². The second kappa shape index (κ2) is 8.05. The number of benzene rings is 2. The Bertz CT molecular complexity index is 753. The first-order valence-corrected chi connectivity index (χ1v) is 7.79. The fourth-order valence-corrected chi connectivity index (χ4v) is 2.47. The molecule has 0 radical (unpaired) electrons. The zero-order chi connectivity index (χ0) is 17.7. The van der Waals surface area contributed by atoms with E-state index in [2.05, 4.69) is 18.1 Å². The minimum Gasteiger partial charge on any atom is -0.396 e. The Kier molecular flexibility index (Phi) is 6.08. The maximum atomic E-state index is 12.2. The Labute approximate surface area is 149 Å². The highest BCUT2D eigenvalue weighted by atomic mass is 35.5. The summed E-state index contributed by atoms with van der Waals surface area (Å²) in [6.07, 6.45) is 0.442. The number of nitrogens with two attached hydrogens (primary N) is 1. The molecule has 2 aromatic carbocycles. The van der Waals surface area contributed by atoms with E-state index in [0.29, 0.717) is 28.4 Å². The second-order valence-electron chi connectivity index (χ2n) is 4.93. The quantitative estimate of drug-likeness (QED) is 0.613. The molecule has 2 rings (SSSR count). The van der Waals surface area contributed by atoms with Crippen molar-refractivity contribution in [2.45, 2.75) is 6.42 Å². The number of aliphatic hydroxyl groups excluding tert-OH is 1. The smallest absolute Gasteiger partial charge is 0.336 e. The fraction of sp³-hybridized carbons (Fsp3) is 0.125. The highest BCUT2D eigenvalue weighted by molar-refractivity contribution is 7.82. The van der Waals surface area contributed by atoms with Crippen molar-refractivity contribution in [1.82, 2.24) is 0 Å². The summed E-state index contributed by atoms with van der Waals surface area (Å²) in [4.78, 5) is 23.3. The fourth-order valence-electron chi connectivity index (χ4n) is 2.01. The van der Waals surface area contributed by atoms with E-state index in [9.17, 15) is 9.59 Å². The molecule has 3 amide bonds. The van der Waals surface area contributed by atoms with Crippen molar-refractivity contribution in [3.63, 3.8) is 0 Å². The Morgan fingerprint density at radius 2 is 1.88 bits per heavy atom. The molecule has 0 unspecified atom stereocenters. The van der Waals surface area contributed by atoms with Gasteiger partial charge in [0.2, 0.25) is 5.91 Å². The van der Waals surface area contributed by atoms with E-state index >= 15 is 0 Å². The molecule has 0 saturated carbocycles. The van der Waals surface area contributed by atoms with Gasteiger partial charge in [-0.2, -0.15) is 0 Å². The van der Waals surface area contributed by atoms with Crippen LogP contribution in [0.3, 0.4) is 0 Å². The zero-order valence-electron chi connectivity index (χ0n) is 12.6. The Morgan fingerprint density at radius 3 is 2.42 bits per heavy atom. The lowest BCUT2D eigenvalue weighted by Crippen LogP contribution is -2.26. The molecule has 0 atom stereocenters. The third-order valence-electron chi connectivity index (χ3n) is 3.27. The number of carbonyl (C=O) groups is 2. The third-order valence-corrected chi connectivity index (χ3v) is 4.04. The van der Waals surface area contributed by atoms with Crippen molar-refractivity contribution < 1.29 is 14.7 Å². The Hall–Kier alpha value is -2.22. The molecule has 6 nitrogen and oxygen atoms in total. The lowest BCUT2D eigenvalue weighted by molar-refractivity contribution is 0.100. The van der Waals surface area contributed by atoms with Crippen molar-refractivity contribution in [2.75, 3.05) is 16.2 Å². The molecule has 0 saturated heterocycles. The number of nitrogens with zero attached hydrogens (tertiary/aromatic N) is 1. The molecule has 0 heterocycles. The van der Waals surface area contributed by atoms with E-state index in [-0.39, 0.29) is 6.61 Å². The molecule has 0 fully saturated rings. The van der Waals surface area contributed by atoms with Gasteiger partial charge in [0, 0.05) is 22.9 Å². The maximum absolute atomic E-state index is 12.2. The average Bonchev–Trinajstić information content (AvgIpc) is 2.56. The summed E-state index contributed by atoms with van der Waals surface area (Å²) in [6.45, 7) is -0.00284. The summed E-state index contributed by atoms with van der Waals surface area (Å²) in [7, 11) is 0. The van der Waals surface area contributed by atoms with Crippen LogP contribution in [-0.4, -0.2) is 23.7 Å². The number of hydrogen-bond acceptors (Lipinski definition) is 4. The predicted octanol–water partition coefficient (Wildman–Crippen LogP) is 2.86. The number of rotatable bonds is 5. The van der Waals surface area contributed by atoms with Crippen LogP contribution in [0.5, 0.6) is 0 Å². The van der Waals surface area contributed by atoms with Crippen LogP contribution in [0, 0.1) is 0 Å². The van der Waals surface area contributed by atoms with E-state index in [1.165, 1.54) is 12.1 Å². The first kappa shape index (κ1) is 18.1. The molecule has 2 aromatic rings. The van der Waals surface area contributed by atoms with E-state index < -0.39 is 11.9 Å². The van der Waals surface area contributed by atoms with Crippen LogP contribution in [0.2, 0.25) is 5.02 Å². The number of amides is 3. The molecule has 0 aliphatic carbocycles. The van der Waals surface area contributed by atoms with E-state index in [1.807, 2.05) is 0 Å². The van der Waals surface area contributed by atoms with Gasteiger partial charge in [0.05, 0.1) is 5.69 Å². The highest BCUT2D eigenvalue weighted by Gasteiger charge is 2.13. The summed E-state index contributed by atoms with van der Waals surface area (Å²) < 4.78 is 1.10. The van der Waals surface area contributed by atoms with Crippen LogP contribution in [0.1, 0.15) is 15.9 Å². The van der Waals surface area contributed by atoms with Crippen LogP contribution < -0.4 is 15.4 Å². The number of anilines is 2. The number of thiol groups is 1. The van der Waals surface area contributed by atoms with Gasteiger partial charge in [-0.1, -0.05) is 30.5 Å². The molecule has 0 aromatic heterocycles. The molecule has 126 valence electrons. The lowest BCUT2D eigenvalue weighted by atomic mass is 10.1. The largest absolute Gasteiger partial charge is 0.396 e. The van der Waals surface area contributed by atoms with Crippen molar-refractivity contribution in [1.29, 1.82) is 0 Å². The van der Waals surface area contributed by atoms with Gasteiger partial charge >= 0.3 is 6.03 Å². The summed E-state index contributed by atoms with van der Waals surface area (Å²) in [5.74, 6) is -0.547. The summed E-state index contributed by atoms with van der Waals surface area (Å²) in [5, 5.41) is 12.1. The normalized spacial score (nSPS) is 10.3. The average molecular weight is 366 g/mol. The minimum atomic E-state index is -0.547. The Balaban J connectivity index is 2.08. The van der Waals surface area contributed by atoms with E-state index in [4.69, 9.17) is 22.4 Å². The Morgan fingerprint density at radius 1 is 1.21 bits per heavy atom. The van der Waals surface area contributed by atoms with Crippen molar-refractivity contribution >= 4 is 47.7 Å². The first-order chi connectivity index (χ1) is 11.4. The predicted molar refractivity (Wildman–Crippen MR) is 97.7 cm³/mol. The SMILES string of the molecule is NC(=O)c1ccc(N(S)C(=O)Nc2ccc(CCO)c(Cl)c2)cc1. The first-order valence-electron chi connectivity index (χ1n) is 7.01. The maximum Gasteiger partial charge on any atom is 0.336 e. The monoisotopic (exact) mass is 365 g/mol. The molecular formula is C16H16ClN3O3S. The summed E-state index contributed by atoms with van der Waals surface area (Å²) in [6, 6.07) is 10.7. The molecule has 24 heavy (non-hydrogen) atoms. The van der Waals surface area contributed by atoms with Gasteiger partial charge in [-0.15, -0.1) is 0 Å². The molecular weight excluding hydrogens is 350 g/mol. The van der Waals surface area contributed by atoms with Gasteiger partial charge in [0.1, 0.15) is 0 Å². The van der Waals surface area contributed by atoms with Gasteiger partial charge < -0.3 is 16.2 Å². The van der Waals surface area contributed by atoms with E-state index in [1.54, 1.807) is 30.3 Å². The van der Waals surface area contributed by atoms with Crippen molar-refractivity contribution in [3.05, 3.63) is 58.6 Å². The van der Waals surface area contributed by atoms with Crippen LogP contribution in [0.15, 0.2) is 42.5 Å². The second-order valence-corrected chi connectivity index (χ2v) is 5.74. The molecule has 0 aliphatic rings. The van der Waals surface area contributed by atoms with Gasteiger partial charge in [0.25, 0.3) is 0 Å². The zero-order valence-corrected chi connectivity index (χ0v) is 14.2. The molecule has 4 N–H and O–H groups in total. The van der Waals surface area contributed by atoms with Gasteiger partial charge in [-0.25, -0.2) is 9.10 Å². The number of aliphatic hydroxyl groups is 1. The molecule has 0 aliphatic heterocycles. The molecule has 0 spiro atoms. The number of urea groups is 1. The highest BCUT2D eigenvalue weighted by Crippen LogP contribution is 2.23. The standard InChI is InChI=1S/C16H16ClN3O3S/c17-14-9-12(4-1-10(14)7-8-21)19-16(23)20(24)13-5-2-11(3-6-13)15(18)22/h1-6,9,21,24H,7-8H2,(H2,18,22)(H,19,23). The summed E-state index contributed by atoms with van der Waals surface area (Å²) in [5.41, 5.74) is 7.28. The third kappa shape index (κ3) is 4.41.